The number of fused-ring (bicyclic) bond motifs is 7. The Labute approximate surface area is 246 Å². The maximum Gasteiger partial charge on any atom is 0.0863 e. The van der Waals surface area contributed by atoms with Gasteiger partial charge in [-0.05, 0) is 102 Å². The summed E-state index contributed by atoms with van der Waals surface area (Å²) in [5.74, 6) is 2.78. The number of aliphatic hydroxyl groups excluding tert-OH is 2. The molecule has 0 aromatic carbocycles. The molecule has 10 unspecified atom stereocenters. The van der Waals surface area contributed by atoms with Crippen LogP contribution in [0.5, 0.6) is 0 Å². The van der Waals surface area contributed by atoms with E-state index in [0.717, 1.165) is 37.0 Å². The summed E-state index contributed by atoms with van der Waals surface area (Å²) in [6.45, 7) is 22.2. The van der Waals surface area contributed by atoms with Crippen molar-refractivity contribution >= 4 is 0 Å². The minimum atomic E-state index is -0.629. The van der Waals surface area contributed by atoms with Crippen molar-refractivity contribution in [2.24, 2.45) is 56.2 Å². The molecule has 0 aromatic rings. The van der Waals surface area contributed by atoms with E-state index in [2.05, 4.69) is 68.4 Å². The second-order valence-electron chi connectivity index (χ2n) is 15.7. The third-order valence-electron chi connectivity index (χ3n) is 13.9. The standard InChI is InChI=1S/C31H52O2.Ac/c1-19-12-14-29(7)22(27(19,4)5)13-15-31(9)23(29)11-10-20-21-18-26(2,3)24(32)25(33)28(21,6)16-17-30(20,31)8;/h10,19,21-25,32-33H,11-18H2,1-9H3;. The van der Waals surface area contributed by atoms with Crippen LogP contribution in [0.2, 0.25) is 0 Å². The zero-order valence-electron chi connectivity index (χ0n) is 23.7. The first-order chi connectivity index (χ1) is 15.1. The van der Waals surface area contributed by atoms with Crippen molar-refractivity contribution in [2.45, 2.75) is 126 Å². The first-order valence-corrected chi connectivity index (χ1v) is 14.1. The smallest absolute Gasteiger partial charge is 0.0863 e. The van der Waals surface area contributed by atoms with Crippen LogP contribution >= 0.6 is 0 Å². The van der Waals surface area contributed by atoms with Gasteiger partial charge in [0.1, 0.15) is 0 Å². The molecule has 2 N–H and O–H groups in total. The first-order valence-electron chi connectivity index (χ1n) is 14.1. The van der Waals surface area contributed by atoms with Crippen molar-refractivity contribution in [1.82, 2.24) is 0 Å². The average molecular weight is 684 g/mol. The maximum atomic E-state index is 11.3. The predicted molar refractivity (Wildman–Crippen MR) is 137 cm³/mol. The van der Waals surface area contributed by atoms with Gasteiger partial charge >= 0.3 is 0 Å². The van der Waals surface area contributed by atoms with Crippen LogP contribution < -0.4 is 0 Å². The van der Waals surface area contributed by atoms with Gasteiger partial charge in [-0.25, -0.2) is 0 Å². The Morgan fingerprint density at radius 2 is 1.41 bits per heavy atom. The van der Waals surface area contributed by atoms with Gasteiger partial charge in [0.15, 0.2) is 0 Å². The van der Waals surface area contributed by atoms with E-state index < -0.39 is 12.2 Å². The van der Waals surface area contributed by atoms with E-state index in [0.29, 0.717) is 22.2 Å². The zero-order valence-corrected chi connectivity index (χ0v) is 28.4. The van der Waals surface area contributed by atoms with E-state index in [4.69, 9.17) is 0 Å². The van der Waals surface area contributed by atoms with Crippen molar-refractivity contribution in [3.63, 3.8) is 0 Å². The topological polar surface area (TPSA) is 40.5 Å². The molecule has 2 nitrogen and oxygen atoms in total. The van der Waals surface area contributed by atoms with Crippen molar-refractivity contribution in [2.75, 3.05) is 0 Å². The van der Waals surface area contributed by atoms with E-state index in [1.165, 1.54) is 32.1 Å². The number of hydrogen-bond donors (Lipinski definition) is 2. The largest absolute Gasteiger partial charge is 0.390 e. The van der Waals surface area contributed by atoms with Crippen LogP contribution in [0.4, 0.5) is 0 Å². The second-order valence-corrected chi connectivity index (χ2v) is 15.7. The van der Waals surface area contributed by atoms with Gasteiger partial charge in [-0.2, -0.15) is 0 Å². The average Bonchev–Trinajstić information content (AvgIpc) is 2.72. The monoisotopic (exact) mass is 683 g/mol. The molecule has 4 saturated carbocycles. The summed E-state index contributed by atoms with van der Waals surface area (Å²) < 4.78 is 0. The quantitative estimate of drug-likeness (QED) is 0.262. The summed E-state index contributed by atoms with van der Waals surface area (Å²) in [4.78, 5) is 0. The molecule has 0 aliphatic heterocycles. The molecule has 1 radical (unpaired) electrons. The molecule has 5 aliphatic rings. The van der Waals surface area contributed by atoms with Gasteiger partial charge in [-0.3, -0.25) is 0 Å². The fraction of sp³-hybridized carbons (Fsp3) is 0.935. The van der Waals surface area contributed by atoms with Crippen LogP contribution in [-0.4, -0.2) is 22.4 Å². The summed E-state index contributed by atoms with van der Waals surface area (Å²) in [6, 6.07) is 0. The predicted octanol–water partition coefficient (Wildman–Crippen LogP) is 7.39. The van der Waals surface area contributed by atoms with Gasteiger partial charge in [-0.15, -0.1) is 0 Å². The Bertz CT molecular complexity index is 861. The Balaban J connectivity index is 0.00000274. The van der Waals surface area contributed by atoms with Crippen molar-refractivity contribution in [1.29, 1.82) is 0 Å². The van der Waals surface area contributed by atoms with E-state index in [1.807, 2.05) is 0 Å². The SMILES string of the molecule is CC1CCC2(C)C(CCC3(C)C2CC=C2C4CC(C)(C)C(O)C(O)C4(C)CCC23C)C1(C)C.[Ac]. The van der Waals surface area contributed by atoms with E-state index in [1.54, 1.807) is 5.57 Å². The summed E-state index contributed by atoms with van der Waals surface area (Å²) in [7, 11) is 0. The normalized spacial score (nSPS) is 55.4. The van der Waals surface area contributed by atoms with Crippen LogP contribution in [0.1, 0.15) is 114 Å². The number of allylic oxidation sites excluding steroid dienone is 2. The van der Waals surface area contributed by atoms with Crippen LogP contribution in [0.15, 0.2) is 11.6 Å². The zero-order chi connectivity index (χ0) is 24.4. The molecule has 5 aliphatic carbocycles. The molecule has 0 heterocycles. The summed E-state index contributed by atoms with van der Waals surface area (Å²) in [5, 5.41) is 22.3. The van der Waals surface area contributed by atoms with Crippen molar-refractivity contribution in [3.05, 3.63) is 11.6 Å². The summed E-state index contributed by atoms with van der Waals surface area (Å²) in [5.41, 5.74) is 2.60. The first kappa shape index (κ1) is 28.1. The summed E-state index contributed by atoms with van der Waals surface area (Å²) in [6.07, 6.45) is 11.3. The van der Waals surface area contributed by atoms with Gasteiger partial charge in [0.05, 0.1) is 12.2 Å². The Hall–Kier alpha value is 1.10. The second kappa shape index (κ2) is 8.30. The molecule has 191 valence electrons. The third-order valence-corrected chi connectivity index (χ3v) is 13.9. The van der Waals surface area contributed by atoms with Crippen LogP contribution in [0, 0.1) is 100 Å². The molecule has 4 fully saturated rings. The maximum absolute atomic E-state index is 11.3. The molecule has 5 rings (SSSR count). The third kappa shape index (κ3) is 3.34. The molecular formula is C31H52AcO2. The fourth-order valence-electron chi connectivity index (χ4n) is 10.9. The van der Waals surface area contributed by atoms with E-state index in [-0.39, 0.29) is 60.3 Å². The molecule has 34 heavy (non-hydrogen) atoms. The Morgan fingerprint density at radius 1 is 0.765 bits per heavy atom. The number of hydrogen-bond acceptors (Lipinski definition) is 2. The molecule has 0 saturated heterocycles. The molecule has 0 amide bonds. The van der Waals surface area contributed by atoms with E-state index in [9.17, 15) is 10.2 Å². The van der Waals surface area contributed by atoms with Crippen molar-refractivity contribution < 1.29 is 54.3 Å². The molecule has 0 bridgehead atoms. The minimum Gasteiger partial charge on any atom is -0.390 e. The van der Waals surface area contributed by atoms with Crippen LogP contribution in [0.3, 0.4) is 0 Å². The van der Waals surface area contributed by atoms with Gasteiger partial charge < -0.3 is 10.2 Å². The van der Waals surface area contributed by atoms with Gasteiger partial charge in [0.25, 0.3) is 0 Å². The number of aliphatic hydroxyl groups is 2. The molecule has 10 atom stereocenters. The molecule has 3 heteroatoms. The molecule has 0 aromatic heterocycles. The van der Waals surface area contributed by atoms with Crippen LogP contribution in [0.25, 0.3) is 0 Å². The molecular weight excluding hydrogens is 631 g/mol. The number of rotatable bonds is 0. The van der Waals surface area contributed by atoms with Gasteiger partial charge in [0.2, 0.25) is 0 Å². The van der Waals surface area contributed by atoms with Gasteiger partial charge in [0, 0.05) is 49.5 Å². The Kier molecular flexibility index (Phi) is 6.86. The van der Waals surface area contributed by atoms with Crippen LogP contribution in [-0.2, 0) is 0 Å². The van der Waals surface area contributed by atoms with E-state index >= 15 is 0 Å². The van der Waals surface area contributed by atoms with Crippen molar-refractivity contribution in [3.8, 4) is 0 Å². The fourth-order valence-corrected chi connectivity index (χ4v) is 10.9. The molecule has 0 spiro atoms. The van der Waals surface area contributed by atoms with Gasteiger partial charge in [-0.1, -0.05) is 74.0 Å². The summed E-state index contributed by atoms with van der Waals surface area (Å²) >= 11 is 0. The Morgan fingerprint density at radius 3 is 2.06 bits per heavy atom. The minimum absolute atomic E-state index is 0.